The topological polar surface area (TPSA) is 71.9 Å². The van der Waals surface area contributed by atoms with Gasteiger partial charge in [-0.3, -0.25) is 14.8 Å². The number of nitrogens with zero attached hydrogens (tertiary/aromatic N) is 5. The molecule has 0 radical (unpaired) electrons. The van der Waals surface area contributed by atoms with Gasteiger partial charge >= 0.3 is 0 Å². The van der Waals surface area contributed by atoms with E-state index in [2.05, 4.69) is 9.97 Å². The van der Waals surface area contributed by atoms with Crippen molar-refractivity contribution in [2.45, 2.75) is 0 Å². The second kappa shape index (κ2) is 5.67. The highest BCUT2D eigenvalue weighted by Crippen LogP contribution is 2.31. The van der Waals surface area contributed by atoms with E-state index >= 15 is 0 Å². The van der Waals surface area contributed by atoms with E-state index in [9.17, 15) is 4.79 Å². The van der Waals surface area contributed by atoms with Crippen LogP contribution in [0.5, 0.6) is 0 Å². The van der Waals surface area contributed by atoms with Crippen molar-refractivity contribution in [2.75, 3.05) is 14.1 Å². The van der Waals surface area contributed by atoms with Gasteiger partial charge in [-0.1, -0.05) is 0 Å². The van der Waals surface area contributed by atoms with Gasteiger partial charge in [-0.05, 0) is 42.5 Å². The number of aromatic nitrogens is 4. The highest BCUT2D eigenvalue weighted by atomic mass is 16.2. The molecule has 0 N–H and O–H groups in total. The van der Waals surface area contributed by atoms with E-state index in [0.29, 0.717) is 11.1 Å². The fourth-order valence-electron chi connectivity index (χ4n) is 3.39. The number of amides is 1. The molecule has 0 aliphatic heterocycles. The Morgan fingerprint density at radius 1 is 0.778 bits per heavy atom. The minimum atomic E-state index is -0.0620. The number of carbonyl (C=O) groups is 1. The summed E-state index contributed by atoms with van der Waals surface area (Å²) in [5.74, 6) is -0.0620. The molecule has 6 heteroatoms. The summed E-state index contributed by atoms with van der Waals surface area (Å²) in [5.41, 5.74) is 5.18. The van der Waals surface area contributed by atoms with Gasteiger partial charge in [0.15, 0.2) is 0 Å². The van der Waals surface area contributed by atoms with E-state index in [1.165, 1.54) is 0 Å². The summed E-state index contributed by atoms with van der Waals surface area (Å²) in [6.45, 7) is 0. The monoisotopic (exact) mass is 353 g/mol. The predicted molar refractivity (Wildman–Crippen MR) is 106 cm³/mol. The van der Waals surface area contributed by atoms with Crippen molar-refractivity contribution in [2.24, 2.45) is 0 Å². The Hall–Kier alpha value is -3.67. The molecule has 130 valence electrons. The Kier molecular flexibility index (Phi) is 3.27. The molecule has 0 unspecified atom stereocenters. The van der Waals surface area contributed by atoms with Gasteiger partial charge in [-0.25, -0.2) is 9.97 Å². The average Bonchev–Trinajstić information content (AvgIpc) is 2.71. The first-order chi connectivity index (χ1) is 13.1. The number of pyridine rings is 2. The molecule has 5 aromatic rings. The summed E-state index contributed by atoms with van der Waals surface area (Å²) < 4.78 is 0. The first-order valence-corrected chi connectivity index (χ1v) is 8.58. The second-order valence-electron chi connectivity index (χ2n) is 6.62. The molecular formula is C21H15N5O. The van der Waals surface area contributed by atoms with Gasteiger partial charge in [0.25, 0.3) is 5.91 Å². The van der Waals surface area contributed by atoms with Gasteiger partial charge < -0.3 is 4.90 Å². The quantitative estimate of drug-likeness (QED) is 0.340. The number of benzene rings is 2. The second-order valence-corrected chi connectivity index (χ2v) is 6.62. The molecule has 1 amide bonds. The minimum absolute atomic E-state index is 0.0620. The fraction of sp³-hybridized carbons (Fsp3) is 0.0952. The van der Waals surface area contributed by atoms with Crippen LogP contribution < -0.4 is 0 Å². The van der Waals surface area contributed by atoms with Crippen LogP contribution in [0.1, 0.15) is 10.4 Å². The fourth-order valence-corrected chi connectivity index (χ4v) is 3.39. The first kappa shape index (κ1) is 15.6. The summed E-state index contributed by atoms with van der Waals surface area (Å²) in [4.78, 5) is 32.6. The van der Waals surface area contributed by atoms with Gasteiger partial charge in [0.1, 0.15) is 0 Å². The molecule has 0 fully saturated rings. The normalized spacial score (nSPS) is 11.5. The summed E-state index contributed by atoms with van der Waals surface area (Å²) in [7, 11) is 3.47. The SMILES string of the molecule is CN(C)C(=O)c1ccc2nc3c4cccnc4c4ncccc4c3nc2c1. The third-order valence-corrected chi connectivity index (χ3v) is 4.67. The molecule has 0 aliphatic rings. The molecule has 2 aromatic carbocycles. The molecule has 0 spiro atoms. The summed E-state index contributed by atoms with van der Waals surface area (Å²) >= 11 is 0. The molecule has 6 nitrogen and oxygen atoms in total. The third kappa shape index (κ3) is 2.30. The lowest BCUT2D eigenvalue weighted by atomic mass is 10.1. The molecular weight excluding hydrogens is 338 g/mol. The predicted octanol–water partition coefficient (Wildman–Crippen LogP) is 3.58. The van der Waals surface area contributed by atoms with Crippen molar-refractivity contribution in [3.8, 4) is 0 Å². The third-order valence-electron chi connectivity index (χ3n) is 4.67. The number of carbonyl (C=O) groups excluding carboxylic acids is 1. The lowest BCUT2D eigenvalue weighted by Gasteiger charge is -2.11. The molecule has 0 aliphatic carbocycles. The zero-order valence-corrected chi connectivity index (χ0v) is 14.8. The molecule has 27 heavy (non-hydrogen) atoms. The van der Waals surface area contributed by atoms with Crippen molar-refractivity contribution in [3.63, 3.8) is 0 Å². The van der Waals surface area contributed by atoms with Gasteiger partial charge in [0.05, 0.1) is 33.1 Å². The van der Waals surface area contributed by atoms with Crippen molar-refractivity contribution in [3.05, 3.63) is 60.4 Å². The molecule has 5 rings (SSSR count). The zero-order chi connectivity index (χ0) is 18.5. The Balaban J connectivity index is 1.94. The number of rotatable bonds is 1. The van der Waals surface area contributed by atoms with E-state index in [1.54, 1.807) is 43.5 Å². The first-order valence-electron chi connectivity index (χ1n) is 8.58. The number of hydrogen-bond acceptors (Lipinski definition) is 5. The van der Waals surface area contributed by atoms with Crippen molar-refractivity contribution >= 4 is 49.8 Å². The van der Waals surface area contributed by atoms with Crippen LogP contribution in [0.2, 0.25) is 0 Å². The molecule has 0 bridgehead atoms. The van der Waals surface area contributed by atoms with E-state index in [4.69, 9.17) is 9.97 Å². The van der Waals surface area contributed by atoms with Crippen molar-refractivity contribution in [1.29, 1.82) is 0 Å². The lowest BCUT2D eigenvalue weighted by Crippen LogP contribution is -2.21. The van der Waals surface area contributed by atoms with E-state index < -0.39 is 0 Å². The smallest absolute Gasteiger partial charge is 0.253 e. The maximum Gasteiger partial charge on any atom is 0.253 e. The van der Waals surface area contributed by atoms with Crippen LogP contribution in [0.3, 0.4) is 0 Å². The minimum Gasteiger partial charge on any atom is -0.345 e. The van der Waals surface area contributed by atoms with Crippen molar-refractivity contribution < 1.29 is 4.79 Å². The average molecular weight is 353 g/mol. The highest BCUT2D eigenvalue weighted by molar-refractivity contribution is 6.21. The van der Waals surface area contributed by atoms with Gasteiger partial charge in [0.2, 0.25) is 0 Å². The Morgan fingerprint density at radius 3 is 1.96 bits per heavy atom. The van der Waals surface area contributed by atoms with Crippen LogP contribution in [-0.2, 0) is 0 Å². The number of hydrogen-bond donors (Lipinski definition) is 0. The molecule has 3 aromatic heterocycles. The van der Waals surface area contributed by atoms with Crippen LogP contribution >= 0.6 is 0 Å². The molecule has 0 saturated carbocycles. The van der Waals surface area contributed by atoms with Crippen molar-refractivity contribution in [1.82, 2.24) is 24.8 Å². The van der Waals surface area contributed by atoms with Crippen LogP contribution in [0.4, 0.5) is 0 Å². The number of fused-ring (bicyclic) bond motifs is 7. The maximum atomic E-state index is 12.3. The lowest BCUT2D eigenvalue weighted by molar-refractivity contribution is 0.0827. The maximum absolute atomic E-state index is 12.3. The van der Waals surface area contributed by atoms with Gasteiger partial charge in [-0.15, -0.1) is 0 Å². The summed E-state index contributed by atoms with van der Waals surface area (Å²) in [6.07, 6.45) is 3.51. The molecule has 0 saturated heterocycles. The molecule has 0 atom stereocenters. The zero-order valence-electron chi connectivity index (χ0n) is 14.8. The summed E-state index contributed by atoms with van der Waals surface area (Å²) in [6, 6.07) is 13.2. The Bertz CT molecular complexity index is 1380. The van der Waals surface area contributed by atoms with Crippen LogP contribution in [0.25, 0.3) is 43.9 Å². The van der Waals surface area contributed by atoms with Crippen LogP contribution in [0.15, 0.2) is 54.9 Å². The Labute approximate surface area is 154 Å². The molecule has 3 heterocycles. The van der Waals surface area contributed by atoms with Crippen LogP contribution in [-0.4, -0.2) is 44.8 Å². The highest BCUT2D eigenvalue weighted by Gasteiger charge is 2.15. The standard InChI is InChI=1S/C21H15N5O/c1-26(2)21(27)12-7-8-15-16(11-12)25-20-14-6-4-10-23-18(14)17-13(19(20)24-15)5-3-9-22-17/h3-11H,1-2H3. The largest absolute Gasteiger partial charge is 0.345 e. The Morgan fingerprint density at radius 2 is 1.37 bits per heavy atom. The van der Waals surface area contributed by atoms with Gasteiger partial charge in [-0.2, -0.15) is 0 Å². The van der Waals surface area contributed by atoms with E-state index in [0.717, 1.165) is 38.4 Å². The van der Waals surface area contributed by atoms with E-state index in [-0.39, 0.29) is 5.91 Å². The van der Waals surface area contributed by atoms with Crippen LogP contribution in [0, 0.1) is 0 Å². The van der Waals surface area contributed by atoms with Gasteiger partial charge in [0, 0.05) is 42.8 Å². The summed E-state index contributed by atoms with van der Waals surface area (Å²) in [5, 5.41) is 1.82. The van der Waals surface area contributed by atoms with E-state index in [1.807, 2.05) is 30.3 Å².